The molecule has 3 heteroatoms. The van der Waals surface area contributed by atoms with Crippen LogP contribution in [-0.4, -0.2) is 31.0 Å². The van der Waals surface area contributed by atoms with Gasteiger partial charge >= 0.3 is 0 Å². The van der Waals surface area contributed by atoms with Crippen LogP contribution in [0.3, 0.4) is 0 Å². The summed E-state index contributed by atoms with van der Waals surface area (Å²) in [7, 11) is 0. The van der Waals surface area contributed by atoms with Crippen molar-refractivity contribution in [1.29, 1.82) is 0 Å². The van der Waals surface area contributed by atoms with Gasteiger partial charge in [0.25, 0.3) is 0 Å². The monoisotopic (exact) mass is 194 g/mol. The van der Waals surface area contributed by atoms with Crippen LogP contribution in [-0.2, 0) is 11.2 Å². The van der Waals surface area contributed by atoms with E-state index in [2.05, 4.69) is 0 Å². The average Bonchev–Trinajstić information content (AvgIpc) is 3.01. The lowest BCUT2D eigenvalue weighted by molar-refractivity contribution is 0.263. The van der Waals surface area contributed by atoms with Crippen molar-refractivity contribution in [3.63, 3.8) is 0 Å². The SMILES string of the molecule is OCCc1ccc(OCC2CO2)cc1. The van der Waals surface area contributed by atoms with Gasteiger partial charge in [0.1, 0.15) is 18.5 Å². The number of aliphatic hydroxyl groups is 1. The fraction of sp³-hybridized carbons (Fsp3) is 0.455. The van der Waals surface area contributed by atoms with Crippen LogP contribution >= 0.6 is 0 Å². The maximum absolute atomic E-state index is 8.73. The number of ether oxygens (including phenoxy) is 2. The molecule has 0 aromatic heterocycles. The van der Waals surface area contributed by atoms with Gasteiger partial charge in [-0.15, -0.1) is 0 Å². The molecule has 1 aromatic carbocycles. The molecule has 1 aliphatic heterocycles. The maximum Gasteiger partial charge on any atom is 0.119 e. The molecule has 0 bridgehead atoms. The Balaban J connectivity index is 1.84. The quantitative estimate of drug-likeness (QED) is 0.711. The Bertz CT molecular complexity index is 277. The summed E-state index contributed by atoms with van der Waals surface area (Å²) >= 11 is 0. The fourth-order valence-corrected chi connectivity index (χ4v) is 1.23. The van der Waals surface area contributed by atoms with Crippen LogP contribution in [0, 0.1) is 0 Å². The number of epoxide rings is 1. The molecule has 3 nitrogen and oxygen atoms in total. The first kappa shape index (κ1) is 9.49. The van der Waals surface area contributed by atoms with Gasteiger partial charge in [0, 0.05) is 6.61 Å². The van der Waals surface area contributed by atoms with E-state index in [1.807, 2.05) is 24.3 Å². The Kier molecular flexibility index (Phi) is 3.01. The minimum atomic E-state index is 0.191. The van der Waals surface area contributed by atoms with Gasteiger partial charge in [-0.1, -0.05) is 12.1 Å². The molecule has 0 aliphatic carbocycles. The summed E-state index contributed by atoms with van der Waals surface area (Å²) in [6, 6.07) is 7.79. The Morgan fingerprint density at radius 1 is 1.36 bits per heavy atom. The summed E-state index contributed by atoms with van der Waals surface area (Å²) in [6.45, 7) is 1.65. The van der Waals surface area contributed by atoms with Crippen molar-refractivity contribution in [3.05, 3.63) is 29.8 Å². The molecular weight excluding hydrogens is 180 g/mol. The first-order valence-corrected chi connectivity index (χ1v) is 4.82. The second-order valence-corrected chi connectivity index (χ2v) is 3.38. The molecule has 76 valence electrons. The molecule has 1 unspecified atom stereocenters. The third-order valence-electron chi connectivity index (χ3n) is 2.16. The molecule has 0 saturated carbocycles. The zero-order chi connectivity index (χ0) is 9.80. The standard InChI is InChI=1S/C11H14O3/c12-6-5-9-1-3-10(4-2-9)13-7-11-8-14-11/h1-4,11-12H,5-8H2. The van der Waals surface area contributed by atoms with E-state index in [1.54, 1.807) is 0 Å². The summed E-state index contributed by atoms with van der Waals surface area (Å²) < 4.78 is 10.5. The van der Waals surface area contributed by atoms with E-state index in [9.17, 15) is 0 Å². The van der Waals surface area contributed by atoms with Gasteiger partial charge in [0.2, 0.25) is 0 Å². The molecular formula is C11H14O3. The second kappa shape index (κ2) is 4.44. The fourth-order valence-electron chi connectivity index (χ4n) is 1.23. The molecule has 1 aromatic rings. The van der Waals surface area contributed by atoms with Crippen molar-refractivity contribution in [2.45, 2.75) is 12.5 Å². The van der Waals surface area contributed by atoms with Gasteiger partial charge < -0.3 is 14.6 Å². The maximum atomic E-state index is 8.73. The highest BCUT2D eigenvalue weighted by atomic mass is 16.6. The molecule has 0 amide bonds. The van der Waals surface area contributed by atoms with E-state index in [4.69, 9.17) is 14.6 Å². The smallest absolute Gasteiger partial charge is 0.119 e. The van der Waals surface area contributed by atoms with Gasteiger partial charge in [0.15, 0.2) is 0 Å². The lowest BCUT2D eigenvalue weighted by Gasteiger charge is -2.04. The Labute approximate surface area is 83.3 Å². The van der Waals surface area contributed by atoms with Crippen LogP contribution in [0.25, 0.3) is 0 Å². The van der Waals surface area contributed by atoms with Crippen molar-refractivity contribution < 1.29 is 14.6 Å². The van der Waals surface area contributed by atoms with Crippen molar-refractivity contribution >= 4 is 0 Å². The molecule has 14 heavy (non-hydrogen) atoms. The molecule has 1 N–H and O–H groups in total. The van der Waals surface area contributed by atoms with E-state index in [-0.39, 0.29) is 6.61 Å². The van der Waals surface area contributed by atoms with Crippen molar-refractivity contribution in [1.82, 2.24) is 0 Å². The zero-order valence-electron chi connectivity index (χ0n) is 7.98. The normalized spacial score (nSPS) is 19.4. The molecule has 1 fully saturated rings. The molecule has 2 rings (SSSR count). The predicted molar refractivity (Wildman–Crippen MR) is 52.5 cm³/mol. The van der Waals surface area contributed by atoms with E-state index in [0.29, 0.717) is 19.1 Å². The largest absolute Gasteiger partial charge is 0.491 e. The zero-order valence-corrected chi connectivity index (χ0v) is 7.98. The first-order chi connectivity index (χ1) is 6.88. The van der Waals surface area contributed by atoms with Gasteiger partial charge in [-0.2, -0.15) is 0 Å². The molecule has 1 heterocycles. The summed E-state index contributed by atoms with van der Waals surface area (Å²) in [5.74, 6) is 0.863. The third kappa shape index (κ3) is 2.72. The number of aliphatic hydroxyl groups excluding tert-OH is 1. The first-order valence-electron chi connectivity index (χ1n) is 4.82. The topological polar surface area (TPSA) is 42.0 Å². The van der Waals surface area contributed by atoms with Crippen molar-refractivity contribution in [2.24, 2.45) is 0 Å². The van der Waals surface area contributed by atoms with Crippen LogP contribution in [0.4, 0.5) is 0 Å². The van der Waals surface area contributed by atoms with Crippen molar-refractivity contribution in [2.75, 3.05) is 19.8 Å². The molecule has 1 aliphatic rings. The molecule has 0 radical (unpaired) electrons. The van der Waals surface area contributed by atoms with Crippen LogP contribution in [0.5, 0.6) is 5.75 Å². The molecule has 1 atom stereocenters. The van der Waals surface area contributed by atoms with Crippen LogP contribution in [0.1, 0.15) is 5.56 Å². The third-order valence-corrected chi connectivity index (χ3v) is 2.16. The Morgan fingerprint density at radius 3 is 2.64 bits per heavy atom. The Morgan fingerprint density at radius 2 is 2.07 bits per heavy atom. The highest BCUT2D eigenvalue weighted by Gasteiger charge is 2.22. The highest BCUT2D eigenvalue weighted by Crippen LogP contribution is 2.15. The average molecular weight is 194 g/mol. The van der Waals surface area contributed by atoms with Gasteiger partial charge in [-0.3, -0.25) is 0 Å². The van der Waals surface area contributed by atoms with E-state index in [1.165, 1.54) is 0 Å². The lowest BCUT2D eigenvalue weighted by Crippen LogP contribution is -2.03. The van der Waals surface area contributed by atoms with E-state index in [0.717, 1.165) is 17.9 Å². The highest BCUT2D eigenvalue weighted by molar-refractivity contribution is 5.27. The molecule has 1 saturated heterocycles. The number of hydrogen-bond acceptors (Lipinski definition) is 3. The Hall–Kier alpha value is -1.06. The minimum Gasteiger partial charge on any atom is -0.491 e. The van der Waals surface area contributed by atoms with Gasteiger partial charge in [-0.25, -0.2) is 0 Å². The lowest BCUT2D eigenvalue weighted by atomic mass is 10.1. The van der Waals surface area contributed by atoms with Gasteiger partial charge in [-0.05, 0) is 24.1 Å². The van der Waals surface area contributed by atoms with Crippen LogP contribution < -0.4 is 4.74 Å². The minimum absolute atomic E-state index is 0.191. The van der Waals surface area contributed by atoms with E-state index < -0.39 is 0 Å². The number of benzene rings is 1. The predicted octanol–water partition coefficient (Wildman–Crippen LogP) is 0.999. The number of rotatable bonds is 5. The summed E-state index contributed by atoms with van der Waals surface area (Å²) in [6.07, 6.45) is 0.999. The summed E-state index contributed by atoms with van der Waals surface area (Å²) in [5, 5.41) is 8.73. The summed E-state index contributed by atoms with van der Waals surface area (Å²) in [5.41, 5.74) is 1.13. The van der Waals surface area contributed by atoms with Crippen LogP contribution in [0.2, 0.25) is 0 Å². The van der Waals surface area contributed by atoms with E-state index >= 15 is 0 Å². The van der Waals surface area contributed by atoms with Crippen LogP contribution in [0.15, 0.2) is 24.3 Å². The second-order valence-electron chi connectivity index (χ2n) is 3.38. The van der Waals surface area contributed by atoms with Gasteiger partial charge in [0.05, 0.1) is 6.61 Å². The number of hydrogen-bond donors (Lipinski definition) is 1. The summed E-state index contributed by atoms with van der Waals surface area (Å²) in [4.78, 5) is 0. The molecule has 0 spiro atoms. The van der Waals surface area contributed by atoms with Crippen molar-refractivity contribution in [3.8, 4) is 5.75 Å².